The van der Waals surface area contributed by atoms with Crippen molar-refractivity contribution in [2.75, 3.05) is 38.3 Å². The van der Waals surface area contributed by atoms with Crippen LogP contribution in [0.1, 0.15) is 6.42 Å². The summed E-state index contributed by atoms with van der Waals surface area (Å²) in [6, 6.07) is 5.41. The Labute approximate surface area is 130 Å². The number of fused-ring (bicyclic) bond motifs is 1. The number of halogens is 1. The van der Waals surface area contributed by atoms with E-state index < -0.39 is 0 Å². The number of amides is 1. The zero-order chi connectivity index (χ0) is 13.9. The largest absolute Gasteiger partial charge is 0.454 e. The second kappa shape index (κ2) is 6.98. The average molecular weight is 314 g/mol. The summed E-state index contributed by atoms with van der Waals surface area (Å²) in [5.74, 6) is 1.90. The number of nitrogens with zero attached hydrogens (tertiary/aromatic N) is 1. The third kappa shape index (κ3) is 3.78. The summed E-state index contributed by atoms with van der Waals surface area (Å²) in [5.41, 5.74) is 6.38. The van der Waals surface area contributed by atoms with Gasteiger partial charge < -0.3 is 20.5 Å². The van der Waals surface area contributed by atoms with Crippen LogP contribution in [0.3, 0.4) is 0 Å². The maximum absolute atomic E-state index is 12.0. The lowest BCUT2D eigenvalue weighted by Gasteiger charge is -2.15. The molecule has 1 aromatic rings. The normalized spacial score (nSPS) is 20.1. The second-order valence-corrected chi connectivity index (χ2v) is 5.24. The Bertz CT molecular complexity index is 512. The fourth-order valence-corrected chi connectivity index (χ4v) is 2.63. The number of hydrogen-bond acceptors (Lipinski definition) is 5. The zero-order valence-electron chi connectivity index (χ0n) is 11.7. The Morgan fingerprint density at radius 1 is 1.38 bits per heavy atom. The van der Waals surface area contributed by atoms with E-state index in [1.54, 1.807) is 12.1 Å². The Kier molecular flexibility index (Phi) is 5.27. The van der Waals surface area contributed by atoms with Crippen molar-refractivity contribution < 1.29 is 14.3 Å². The van der Waals surface area contributed by atoms with Crippen molar-refractivity contribution in [1.29, 1.82) is 0 Å². The molecule has 0 aromatic heterocycles. The molecule has 0 aliphatic carbocycles. The lowest BCUT2D eigenvalue weighted by molar-refractivity contribution is -0.117. The van der Waals surface area contributed by atoms with Crippen LogP contribution in [0.25, 0.3) is 0 Å². The van der Waals surface area contributed by atoms with E-state index in [0.29, 0.717) is 30.5 Å². The van der Waals surface area contributed by atoms with Crippen LogP contribution < -0.4 is 20.5 Å². The molecule has 0 spiro atoms. The van der Waals surface area contributed by atoms with E-state index in [-0.39, 0.29) is 25.1 Å². The molecule has 2 heterocycles. The van der Waals surface area contributed by atoms with Crippen LogP contribution in [-0.4, -0.2) is 43.8 Å². The first-order chi connectivity index (χ1) is 9.74. The predicted octanol–water partition coefficient (Wildman–Crippen LogP) is 1.06. The first-order valence-corrected chi connectivity index (χ1v) is 6.86. The van der Waals surface area contributed by atoms with Crippen LogP contribution in [-0.2, 0) is 4.79 Å². The van der Waals surface area contributed by atoms with Crippen molar-refractivity contribution in [3.63, 3.8) is 0 Å². The molecule has 6 nitrogen and oxygen atoms in total. The molecule has 0 saturated carbocycles. The van der Waals surface area contributed by atoms with Crippen molar-refractivity contribution in [2.24, 2.45) is 11.7 Å². The minimum Gasteiger partial charge on any atom is -0.454 e. The van der Waals surface area contributed by atoms with Crippen molar-refractivity contribution in [3.8, 4) is 11.5 Å². The van der Waals surface area contributed by atoms with E-state index in [0.717, 1.165) is 25.2 Å². The number of ether oxygens (including phenoxy) is 2. The van der Waals surface area contributed by atoms with E-state index in [2.05, 4.69) is 10.2 Å². The molecule has 7 heteroatoms. The molecular formula is C14H20ClN3O3. The number of nitrogens with two attached hydrogens (primary N) is 1. The number of hydrogen-bond donors (Lipinski definition) is 2. The van der Waals surface area contributed by atoms with Gasteiger partial charge in [-0.2, -0.15) is 0 Å². The first-order valence-electron chi connectivity index (χ1n) is 6.86. The van der Waals surface area contributed by atoms with Gasteiger partial charge in [0.15, 0.2) is 11.5 Å². The molecule has 1 unspecified atom stereocenters. The van der Waals surface area contributed by atoms with Crippen LogP contribution in [0.15, 0.2) is 18.2 Å². The molecule has 21 heavy (non-hydrogen) atoms. The van der Waals surface area contributed by atoms with Gasteiger partial charge in [0.2, 0.25) is 12.7 Å². The molecule has 3 N–H and O–H groups in total. The van der Waals surface area contributed by atoms with Gasteiger partial charge in [-0.1, -0.05) is 0 Å². The quantitative estimate of drug-likeness (QED) is 0.869. The van der Waals surface area contributed by atoms with Gasteiger partial charge in [0.25, 0.3) is 0 Å². The summed E-state index contributed by atoms with van der Waals surface area (Å²) in [4.78, 5) is 14.1. The summed E-state index contributed by atoms with van der Waals surface area (Å²) in [6.45, 7) is 3.19. The van der Waals surface area contributed by atoms with Gasteiger partial charge in [-0.3, -0.25) is 9.69 Å². The predicted molar refractivity (Wildman–Crippen MR) is 82.0 cm³/mol. The van der Waals surface area contributed by atoms with Gasteiger partial charge in [0.05, 0.1) is 6.54 Å². The van der Waals surface area contributed by atoms with Gasteiger partial charge in [-0.05, 0) is 37.6 Å². The third-order valence-electron chi connectivity index (χ3n) is 3.73. The summed E-state index contributed by atoms with van der Waals surface area (Å²) in [6.07, 6.45) is 1.08. The fourth-order valence-electron chi connectivity index (χ4n) is 2.63. The first kappa shape index (κ1) is 15.9. The van der Waals surface area contributed by atoms with Crippen molar-refractivity contribution >= 4 is 24.0 Å². The molecule has 2 aliphatic heterocycles. The van der Waals surface area contributed by atoms with E-state index in [9.17, 15) is 4.79 Å². The molecule has 0 radical (unpaired) electrons. The molecule has 1 atom stereocenters. The highest BCUT2D eigenvalue weighted by Gasteiger charge is 2.23. The average Bonchev–Trinajstić information content (AvgIpc) is 3.06. The number of carbonyl (C=O) groups excluding carboxylic acids is 1. The topological polar surface area (TPSA) is 76.8 Å². The van der Waals surface area contributed by atoms with E-state index in [1.807, 2.05) is 6.07 Å². The molecule has 2 aliphatic rings. The van der Waals surface area contributed by atoms with Gasteiger partial charge in [-0.25, -0.2) is 0 Å². The number of rotatable bonds is 4. The lowest BCUT2D eigenvalue weighted by atomic mass is 10.1. The monoisotopic (exact) mass is 313 g/mol. The van der Waals surface area contributed by atoms with Crippen molar-refractivity contribution in [2.45, 2.75) is 6.42 Å². The van der Waals surface area contributed by atoms with Crippen LogP contribution >= 0.6 is 12.4 Å². The number of nitrogens with one attached hydrogen (secondary N) is 1. The number of likely N-dealkylation sites (tertiary alicyclic amines) is 1. The molecule has 1 amide bonds. The van der Waals surface area contributed by atoms with Crippen LogP contribution in [0.5, 0.6) is 11.5 Å². The maximum atomic E-state index is 12.0. The highest BCUT2D eigenvalue weighted by atomic mass is 35.5. The molecule has 1 aromatic carbocycles. The minimum atomic E-state index is -0.0125. The summed E-state index contributed by atoms with van der Waals surface area (Å²) in [5, 5.41) is 2.88. The van der Waals surface area contributed by atoms with Gasteiger partial charge >= 0.3 is 0 Å². The van der Waals surface area contributed by atoms with Gasteiger partial charge in [-0.15, -0.1) is 12.4 Å². The minimum absolute atomic E-state index is 0. The summed E-state index contributed by atoms with van der Waals surface area (Å²) < 4.78 is 10.5. The zero-order valence-corrected chi connectivity index (χ0v) is 12.5. The van der Waals surface area contributed by atoms with Crippen molar-refractivity contribution in [1.82, 2.24) is 4.90 Å². The number of anilines is 1. The highest BCUT2D eigenvalue weighted by molar-refractivity contribution is 5.92. The standard InChI is InChI=1S/C14H19N3O3.ClH/c15-6-10-3-4-17(7-10)8-14(18)16-11-1-2-12-13(5-11)20-9-19-12;/h1-2,5,10H,3-4,6-9,15H2,(H,16,18);1H. The van der Waals surface area contributed by atoms with Gasteiger partial charge in [0, 0.05) is 18.3 Å². The smallest absolute Gasteiger partial charge is 0.238 e. The second-order valence-electron chi connectivity index (χ2n) is 5.24. The molecule has 0 bridgehead atoms. The number of benzene rings is 1. The summed E-state index contributed by atoms with van der Waals surface area (Å²) >= 11 is 0. The fraction of sp³-hybridized carbons (Fsp3) is 0.500. The van der Waals surface area contributed by atoms with Crippen LogP contribution in [0, 0.1) is 5.92 Å². The maximum Gasteiger partial charge on any atom is 0.238 e. The summed E-state index contributed by atoms with van der Waals surface area (Å²) in [7, 11) is 0. The van der Waals surface area contributed by atoms with Gasteiger partial charge in [0.1, 0.15) is 0 Å². The molecule has 1 saturated heterocycles. The van der Waals surface area contributed by atoms with E-state index in [4.69, 9.17) is 15.2 Å². The SMILES string of the molecule is Cl.NCC1CCN(CC(=O)Nc2ccc3c(c2)OCO3)C1. The molecule has 3 rings (SSSR count). The molecule has 116 valence electrons. The van der Waals surface area contributed by atoms with Crippen molar-refractivity contribution in [3.05, 3.63) is 18.2 Å². The Balaban J connectivity index is 0.00000161. The number of carbonyl (C=O) groups is 1. The Morgan fingerprint density at radius 3 is 2.95 bits per heavy atom. The molecular weight excluding hydrogens is 294 g/mol. The Hall–Kier alpha value is -1.50. The van der Waals surface area contributed by atoms with E-state index >= 15 is 0 Å². The Morgan fingerprint density at radius 2 is 2.19 bits per heavy atom. The third-order valence-corrected chi connectivity index (χ3v) is 3.73. The lowest BCUT2D eigenvalue weighted by Crippen LogP contribution is -2.32. The van der Waals surface area contributed by atoms with E-state index in [1.165, 1.54) is 0 Å². The molecule has 1 fully saturated rings. The van der Waals surface area contributed by atoms with Crippen LogP contribution in [0.4, 0.5) is 5.69 Å². The van der Waals surface area contributed by atoms with Crippen LogP contribution in [0.2, 0.25) is 0 Å². The highest BCUT2D eigenvalue weighted by Crippen LogP contribution is 2.34.